The van der Waals surface area contributed by atoms with Gasteiger partial charge in [0.1, 0.15) is 5.69 Å². The lowest BCUT2D eigenvalue weighted by Crippen LogP contribution is -2.13. The quantitative estimate of drug-likeness (QED) is 0.260. The summed E-state index contributed by atoms with van der Waals surface area (Å²) in [5, 5.41) is 4.58. The number of alkyl halides is 1. The van der Waals surface area contributed by atoms with Gasteiger partial charge in [0.15, 0.2) is 12.4 Å². The van der Waals surface area contributed by atoms with Crippen LogP contribution in [0.3, 0.4) is 0 Å². The number of carbonyl (C=O) groups excluding carboxylic acids is 1. The van der Waals surface area contributed by atoms with Crippen molar-refractivity contribution in [3.8, 4) is 0 Å². The second kappa shape index (κ2) is 10.4. The van der Waals surface area contributed by atoms with Gasteiger partial charge in [0.2, 0.25) is 6.79 Å². The number of hydrogen-bond donors (Lipinski definition) is 0. The molecular weight excluding hydrogens is 397 g/mol. The zero-order valence-corrected chi connectivity index (χ0v) is 19.5. The first-order valence-corrected chi connectivity index (χ1v) is 10.3. The van der Waals surface area contributed by atoms with Crippen LogP contribution in [-0.4, -0.2) is 42.5 Å². The fraction of sp³-hybridized carbons (Fsp3) is 0.458. The summed E-state index contributed by atoms with van der Waals surface area (Å²) < 4.78 is 25.1. The van der Waals surface area contributed by atoms with E-state index in [0.717, 1.165) is 28.1 Å². The van der Waals surface area contributed by atoms with Crippen molar-refractivity contribution < 1.29 is 18.7 Å². The van der Waals surface area contributed by atoms with E-state index in [9.17, 15) is 9.18 Å². The second-order valence-electron chi connectivity index (χ2n) is 8.24. The van der Waals surface area contributed by atoms with Gasteiger partial charge in [0.25, 0.3) is 0 Å². The van der Waals surface area contributed by atoms with Crippen LogP contribution in [-0.2, 0) is 26.2 Å². The van der Waals surface area contributed by atoms with Gasteiger partial charge in [-0.05, 0) is 37.3 Å². The van der Waals surface area contributed by atoms with Gasteiger partial charge in [-0.3, -0.25) is 9.67 Å². The van der Waals surface area contributed by atoms with Gasteiger partial charge in [-0.25, -0.2) is 9.18 Å². The van der Waals surface area contributed by atoms with E-state index in [1.54, 1.807) is 13.3 Å². The van der Waals surface area contributed by atoms with Gasteiger partial charge >= 0.3 is 5.97 Å². The number of carbonyl (C=O) groups is 1. The number of ether oxygens (including phenoxy) is 2. The zero-order valence-electron chi connectivity index (χ0n) is 19.5. The van der Waals surface area contributed by atoms with E-state index < -0.39 is 19.4 Å². The maximum absolute atomic E-state index is 12.5. The van der Waals surface area contributed by atoms with Gasteiger partial charge < -0.3 is 9.47 Å². The van der Waals surface area contributed by atoms with Crippen LogP contribution in [0.15, 0.2) is 29.3 Å². The molecule has 2 rings (SSSR count). The topological polar surface area (TPSA) is 65.7 Å². The van der Waals surface area contributed by atoms with Gasteiger partial charge in [-0.2, -0.15) is 5.10 Å². The molecule has 0 aliphatic rings. The van der Waals surface area contributed by atoms with Gasteiger partial charge in [-0.15, -0.1) is 0 Å². The molecule has 0 N–H and O–H groups in total. The lowest BCUT2D eigenvalue weighted by Gasteiger charge is -2.20. The van der Waals surface area contributed by atoms with Crippen LogP contribution < -0.4 is 0 Å². The first-order valence-electron chi connectivity index (χ1n) is 10.3. The van der Waals surface area contributed by atoms with Crippen LogP contribution in [0.25, 0.3) is 11.3 Å². The van der Waals surface area contributed by atoms with Crippen LogP contribution in [0.4, 0.5) is 4.39 Å². The fourth-order valence-electron chi connectivity index (χ4n) is 3.20. The summed E-state index contributed by atoms with van der Waals surface area (Å²) in [6.07, 6.45) is 1.71. The standard InChI is InChI=1S/C24H32FN3O3/c1-8-28-22(16(2)17(3)27-28)23(31-15-30-21(29)13-25)20(14-26-7)18-9-11-19(12-10-18)24(4,5)6/h9-12,14H,8,13,15H2,1-7H3/b23-20-,26-14-. The summed E-state index contributed by atoms with van der Waals surface area (Å²) in [6, 6.07) is 8.19. The molecule has 168 valence electrons. The average molecular weight is 430 g/mol. The minimum Gasteiger partial charge on any atom is -0.454 e. The highest BCUT2D eigenvalue weighted by Gasteiger charge is 2.22. The molecule has 0 fully saturated rings. The summed E-state index contributed by atoms with van der Waals surface area (Å²) in [6.45, 7) is 11.4. The number of esters is 1. The number of nitrogens with zero attached hydrogens (tertiary/aromatic N) is 3. The number of aromatic nitrogens is 2. The van der Waals surface area contributed by atoms with E-state index in [4.69, 9.17) is 9.47 Å². The molecule has 31 heavy (non-hydrogen) atoms. The van der Waals surface area contributed by atoms with Crippen LogP contribution in [0.5, 0.6) is 0 Å². The molecule has 0 spiro atoms. The highest BCUT2D eigenvalue weighted by molar-refractivity contribution is 6.18. The fourth-order valence-corrected chi connectivity index (χ4v) is 3.20. The minimum atomic E-state index is -1.20. The van der Waals surface area contributed by atoms with Gasteiger partial charge in [0, 0.05) is 30.9 Å². The highest BCUT2D eigenvalue weighted by Crippen LogP contribution is 2.31. The second-order valence-corrected chi connectivity index (χ2v) is 8.24. The molecule has 1 aromatic carbocycles. The van der Waals surface area contributed by atoms with Crippen molar-refractivity contribution in [2.75, 3.05) is 20.5 Å². The van der Waals surface area contributed by atoms with Crippen LogP contribution in [0, 0.1) is 13.8 Å². The summed E-state index contributed by atoms with van der Waals surface area (Å²) in [5.41, 5.74) is 5.43. The van der Waals surface area contributed by atoms with E-state index in [1.165, 1.54) is 5.56 Å². The third-order valence-electron chi connectivity index (χ3n) is 5.04. The summed E-state index contributed by atoms with van der Waals surface area (Å²) in [4.78, 5) is 15.5. The van der Waals surface area contributed by atoms with Crippen molar-refractivity contribution >= 4 is 23.5 Å². The highest BCUT2D eigenvalue weighted by atomic mass is 19.1. The number of aliphatic imine (C=N–C) groups is 1. The third-order valence-corrected chi connectivity index (χ3v) is 5.04. The molecule has 7 heteroatoms. The van der Waals surface area contributed by atoms with Crippen molar-refractivity contribution in [3.05, 3.63) is 52.3 Å². The number of allylic oxidation sites excluding steroid dienone is 1. The molecular formula is C24H32FN3O3. The normalized spacial score (nSPS) is 12.8. The maximum atomic E-state index is 12.5. The molecule has 0 aliphatic carbocycles. The molecule has 0 bridgehead atoms. The molecule has 6 nitrogen and oxygen atoms in total. The van der Waals surface area contributed by atoms with E-state index in [0.29, 0.717) is 12.3 Å². The average Bonchev–Trinajstić information content (AvgIpc) is 3.03. The van der Waals surface area contributed by atoms with Crippen molar-refractivity contribution in [2.45, 2.75) is 53.5 Å². The number of rotatable bonds is 8. The molecule has 0 saturated heterocycles. The summed E-state index contributed by atoms with van der Waals surface area (Å²) in [5.74, 6) is -0.503. The maximum Gasteiger partial charge on any atom is 0.340 e. The lowest BCUT2D eigenvalue weighted by atomic mass is 9.86. The Bertz CT molecular complexity index is 967. The molecule has 2 aromatic rings. The Kier molecular flexibility index (Phi) is 8.14. The zero-order chi connectivity index (χ0) is 23.2. The Balaban J connectivity index is 2.67. The first kappa shape index (κ1) is 24.3. The number of halogens is 1. The van der Waals surface area contributed by atoms with Gasteiger partial charge in [-0.1, -0.05) is 45.0 Å². The number of benzene rings is 1. The largest absolute Gasteiger partial charge is 0.454 e. The van der Waals surface area contributed by atoms with Gasteiger partial charge in [0.05, 0.1) is 5.69 Å². The molecule has 0 aliphatic heterocycles. The Morgan fingerprint density at radius 1 is 1.19 bits per heavy atom. The Morgan fingerprint density at radius 2 is 1.84 bits per heavy atom. The molecule has 0 amide bonds. The summed E-state index contributed by atoms with van der Waals surface area (Å²) >= 11 is 0. The minimum absolute atomic E-state index is 0.0235. The van der Waals surface area contributed by atoms with E-state index in [2.05, 4.69) is 43.0 Å². The molecule has 1 aromatic heterocycles. The first-order chi connectivity index (χ1) is 14.6. The van der Waals surface area contributed by atoms with E-state index >= 15 is 0 Å². The molecule has 1 heterocycles. The van der Waals surface area contributed by atoms with Crippen LogP contribution in [0.1, 0.15) is 55.8 Å². The smallest absolute Gasteiger partial charge is 0.340 e. The third kappa shape index (κ3) is 5.81. The molecule has 0 atom stereocenters. The monoisotopic (exact) mass is 429 g/mol. The number of aryl methyl sites for hydroxylation is 2. The molecule has 0 saturated carbocycles. The Hall–Kier alpha value is -2.96. The Morgan fingerprint density at radius 3 is 2.35 bits per heavy atom. The number of hydrogen-bond acceptors (Lipinski definition) is 5. The molecule has 0 radical (unpaired) electrons. The van der Waals surface area contributed by atoms with Crippen molar-refractivity contribution in [2.24, 2.45) is 4.99 Å². The Labute approximate surface area is 183 Å². The molecule has 0 unspecified atom stereocenters. The van der Waals surface area contributed by atoms with E-state index in [1.807, 2.05) is 37.6 Å². The lowest BCUT2D eigenvalue weighted by molar-refractivity contribution is -0.152. The van der Waals surface area contributed by atoms with Crippen LogP contribution >= 0.6 is 0 Å². The summed E-state index contributed by atoms with van der Waals surface area (Å²) in [7, 11) is 1.68. The van der Waals surface area contributed by atoms with Crippen LogP contribution in [0.2, 0.25) is 0 Å². The van der Waals surface area contributed by atoms with Crippen molar-refractivity contribution in [1.82, 2.24) is 9.78 Å². The van der Waals surface area contributed by atoms with Crippen molar-refractivity contribution in [3.63, 3.8) is 0 Å². The van der Waals surface area contributed by atoms with E-state index in [-0.39, 0.29) is 5.41 Å². The predicted molar refractivity (Wildman–Crippen MR) is 122 cm³/mol. The van der Waals surface area contributed by atoms with Crippen molar-refractivity contribution in [1.29, 1.82) is 0 Å². The SMILES string of the molecule is CCn1nc(C)c(C)c1/C(OCOC(=O)CF)=C(\C=N/C)c1ccc(C(C)(C)C)cc1. The predicted octanol–water partition coefficient (Wildman–Crippen LogP) is 4.87.